The monoisotopic (exact) mass is 617 g/mol. The van der Waals surface area contributed by atoms with Crippen LogP contribution < -0.4 is 0 Å². The smallest absolute Gasteiger partial charge is 0.0697 e. The maximum absolute atomic E-state index is 2.82. The van der Waals surface area contributed by atoms with Crippen LogP contribution in [0.25, 0.3) is 27.4 Å². The predicted octanol–water partition coefficient (Wildman–Crippen LogP) is 11.8. The number of allylic oxidation sites excluding steroid dienone is 1. The van der Waals surface area contributed by atoms with Gasteiger partial charge in [0.05, 0.1) is 10.9 Å². The lowest BCUT2D eigenvalue weighted by atomic mass is 9.64. The van der Waals surface area contributed by atoms with Gasteiger partial charge in [-0.05, 0) is 88.6 Å². The molecule has 1 unspecified atom stereocenters. The van der Waals surface area contributed by atoms with Crippen molar-refractivity contribution in [2.45, 2.75) is 55.9 Å². The highest BCUT2D eigenvalue weighted by atomic mass is 15.0. The molecule has 1 saturated carbocycles. The fourth-order valence-corrected chi connectivity index (χ4v) is 10.0. The molecule has 0 spiro atoms. The van der Waals surface area contributed by atoms with Crippen LogP contribution in [0.5, 0.6) is 0 Å². The second kappa shape index (κ2) is 11.0. The van der Waals surface area contributed by atoms with Gasteiger partial charge in [0, 0.05) is 27.9 Å². The van der Waals surface area contributed by atoms with Gasteiger partial charge in [0.15, 0.2) is 0 Å². The molecule has 0 saturated heterocycles. The van der Waals surface area contributed by atoms with Crippen LogP contribution in [0.4, 0.5) is 0 Å². The summed E-state index contributed by atoms with van der Waals surface area (Å²) < 4.78 is 2.82. The van der Waals surface area contributed by atoms with Crippen LogP contribution in [-0.4, -0.2) is 4.57 Å². The number of benzene rings is 6. The second-order valence-electron chi connectivity index (χ2n) is 14.2. The second-order valence-corrected chi connectivity index (χ2v) is 14.2. The highest BCUT2D eigenvalue weighted by Gasteiger charge is 2.51. The van der Waals surface area contributed by atoms with E-state index in [0.717, 1.165) is 12.8 Å². The lowest BCUT2D eigenvalue weighted by Gasteiger charge is -2.38. The zero-order chi connectivity index (χ0) is 31.7. The van der Waals surface area contributed by atoms with E-state index in [1.54, 1.807) is 5.57 Å². The van der Waals surface area contributed by atoms with Crippen LogP contribution in [0.15, 0.2) is 157 Å². The van der Waals surface area contributed by atoms with E-state index in [9.17, 15) is 0 Å². The number of aromatic nitrogens is 1. The van der Waals surface area contributed by atoms with Crippen molar-refractivity contribution in [2.24, 2.45) is 0 Å². The van der Waals surface area contributed by atoms with Gasteiger partial charge in [0.1, 0.15) is 0 Å². The van der Waals surface area contributed by atoms with Crippen molar-refractivity contribution in [1.82, 2.24) is 4.57 Å². The molecular weight excluding hydrogens is 579 g/mol. The van der Waals surface area contributed by atoms with Crippen LogP contribution in [-0.2, 0) is 11.8 Å². The van der Waals surface area contributed by atoms with Gasteiger partial charge in [-0.15, -0.1) is 0 Å². The average molecular weight is 618 g/mol. The first-order valence-electron chi connectivity index (χ1n) is 17.9. The van der Waals surface area contributed by atoms with E-state index >= 15 is 0 Å². The molecule has 1 heterocycles. The highest BCUT2D eigenvalue weighted by molar-refractivity contribution is 6.13. The molecule has 0 amide bonds. The zero-order valence-corrected chi connectivity index (χ0v) is 27.3. The van der Waals surface area contributed by atoms with Gasteiger partial charge in [-0.2, -0.15) is 0 Å². The molecule has 232 valence electrons. The van der Waals surface area contributed by atoms with Crippen molar-refractivity contribution >= 4 is 27.4 Å². The molecule has 0 N–H and O–H groups in total. The van der Waals surface area contributed by atoms with Crippen molar-refractivity contribution in [3.63, 3.8) is 0 Å². The summed E-state index contributed by atoms with van der Waals surface area (Å²) in [5.74, 6) is 0.573. The van der Waals surface area contributed by atoms with E-state index in [1.807, 2.05) is 0 Å². The van der Waals surface area contributed by atoms with Crippen molar-refractivity contribution in [2.75, 3.05) is 0 Å². The van der Waals surface area contributed by atoms with E-state index in [4.69, 9.17) is 0 Å². The van der Waals surface area contributed by atoms with Gasteiger partial charge >= 0.3 is 0 Å². The summed E-state index contributed by atoms with van der Waals surface area (Å²) in [5.41, 5.74) is 15.5. The Morgan fingerprint density at radius 1 is 0.542 bits per heavy atom. The summed E-state index contributed by atoms with van der Waals surface area (Å²) in [4.78, 5) is 0. The van der Waals surface area contributed by atoms with Crippen molar-refractivity contribution in [3.8, 4) is 0 Å². The molecule has 0 aliphatic heterocycles. The number of aryl methyl sites for hydroxylation is 1. The fraction of sp³-hybridized carbons (Fsp3) is 0.191. The van der Waals surface area contributed by atoms with Gasteiger partial charge in [-0.1, -0.05) is 152 Å². The molecule has 1 heteroatoms. The molecule has 1 nitrogen and oxygen atoms in total. The standard InChI is InChI=1S/C47H39N/c1-4-15-32(16-5-1)34-18-14-23-37(31-34)48-43-26-13-12-25-39(43)40-28-29-41-44-38-24-11-10-17-33(38)27-30-42(44)47(45(41)46(40)48,35-19-6-2-7-20-35)36-21-8-3-9-22-36/h1-13,15-17,19-22,24-26,28-29,34,37H,14,18,23,27,30-31H2/t34?,37-/m1/s1. The minimum absolute atomic E-state index is 0.389. The summed E-state index contributed by atoms with van der Waals surface area (Å²) >= 11 is 0. The third kappa shape index (κ3) is 3.91. The highest BCUT2D eigenvalue weighted by Crippen LogP contribution is 2.61. The van der Waals surface area contributed by atoms with Gasteiger partial charge in [0.25, 0.3) is 0 Å². The van der Waals surface area contributed by atoms with Crippen LogP contribution in [0, 0.1) is 0 Å². The molecule has 2 atom stereocenters. The third-order valence-corrected chi connectivity index (χ3v) is 11.9. The first-order chi connectivity index (χ1) is 23.8. The molecule has 1 fully saturated rings. The predicted molar refractivity (Wildman–Crippen MR) is 200 cm³/mol. The first kappa shape index (κ1) is 27.9. The van der Waals surface area contributed by atoms with Gasteiger partial charge in [-0.25, -0.2) is 0 Å². The van der Waals surface area contributed by atoms with E-state index in [-0.39, 0.29) is 5.41 Å². The fourth-order valence-electron chi connectivity index (χ4n) is 10.0. The molecule has 6 aromatic carbocycles. The Bertz CT molecular complexity index is 2300. The largest absolute Gasteiger partial charge is 0.337 e. The third-order valence-electron chi connectivity index (χ3n) is 11.9. The number of hydrogen-bond donors (Lipinski definition) is 0. The first-order valence-corrected chi connectivity index (χ1v) is 17.9. The van der Waals surface area contributed by atoms with Crippen molar-refractivity contribution in [3.05, 3.63) is 196 Å². The van der Waals surface area contributed by atoms with Crippen molar-refractivity contribution < 1.29 is 0 Å². The number of fused-ring (bicyclic) bond motifs is 8. The van der Waals surface area contributed by atoms with E-state index in [0.29, 0.717) is 12.0 Å². The summed E-state index contributed by atoms with van der Waals surface area (Å²) in [7, 11) is 0. The molecule has 48 heavy (non-hydrogen) atoms. The Balaban J connectivity index is 1.34. The van der Waals surface area contributed by atoms with Crippen LogP contribution >= 0.6 is 0 Å². The number of nitrogens with zero attached hydrogens (tertiary/aromatic N) is 1. The Hall–Kier alpha value is -5.14. The molecule has 0 bridgehead atoms. The molecule has 0 radical (unpaired) electrons. The van der Waals surface area contributed by atoms with Crippen LogP contribution in [0.2, 0.25) is 0 Å². The molecule has 10 rings (SSSR count). The molecular formula is C47H39N. The number of para-hydroxylation sites is 1. The average Bonchev–Trinajstić information content (AvgIpc) is 3.67. The Morgan fingerprint density at radius 2 is 1.21 bits per heavy atom. The topological polar surface area (TPSA) is 4.93 Å². The summed E-state index contributed by atoms with van der Waals surface area (Å²) in [6.07, 6.45) is 7.00. The minimum atomic E-state index is -0.389. The number of hydrogen-bond acceptors (Lipinski definition) is 0. The maximum Gasteiger partial charge on any atom is 0.0697 e. The Morgan fingerprint density at radius 3 is 1.98 bits per heavy atom. The quantitative estimate of drug-likeness (QED) is 0.185. The summed E-state index contributed by atoms with van der Waals surface area (Å²) in [6, 6.07) is 58.0. The van der Waals surface area contributed by atoms with Crippen LogP contribution in [0.3, 0.4) is 0 Å². The Kier molecular flexibility index (Phi) is 6.38. The van der Waals surface area contributed by atoms with Gasteiger partial charge in [0.2, 0.25) is 0 Å². The van der Waals surface area contributed by atoms with Crippen LogP contribution in [0.1, 0.15) is 83.0 Å². The van der Waals surface area contributed by atoms with Gasteiger partial charge < -0.3 is 4.57 Å². The summed E-state index contributed by atoms with van der Waals surface area (Å²) in [6.45, 7) is 0. The lowest BCUT2D eigenvalue weighted by Crippen LogP contribution is -2.32. The van der Waals surface area contributed by atoms with E-state index < -0.39 is 0 Å². The maximum atomic E-state index is 2.82. The lowest BCUT2D eigenvalue weighted by molar-refractivity contribution is 0.330. The van der Waals surface area contributed by atoms with E-state index in [1.165, 1.54) is 92.0 Å². The minimum Gasteiger partial charge on any atom is -0.337 e. The molecule has 7 aromatic rings. The molecule has 1 aromatic heterocycles. The van der Waals surface area contributed by atoms with Gasteiger partial charge in [-0.3, -0.25) is 0 Å². The zero-order valence-electron chi connectivity index (χ0n) is 27.3. The SMILES string of the molecule is c1ccc(C2CCC[C@@H](n3c4ccccc4c4ccc5c(c43)C(c3ccccc3)(c3ccccc3)C3=C5c4ccccc4CC3)C2)cc1. The van der Waals surface area contributed by atoms with Crippen molar-refractivity contribution in [1.29, 1.82) is 0 Å². The number of rotatable bonds is 4. The molecule has 3 aliphatic rings. The summed E-state index contributed by atoms with van der Waals surface area (Å²) in [5, 5.41) is 2.76. The van der Waals surface area contributed by atoms with E-state index in [2.05, 4.69) is 156 Å². The Labute approximate surface area is 283 Å². The normalized spacial score (nSPS) is 19.7. The molecule has 3 aliphatic carbocycles.